The molecule has 8 nitrogen and oxygen atoms in total. The van der Waals surface area contributed by atoms with Crippen LogP contribution in [0, 0.1) is 10.1 Å². The molecule has 0 aromatic heterocycles. The van der Waals surface area contributed by atoms with Crippen LogP contribution >= 0.6 is 15.9 Å². The molecular formula is C15H12BrN3O5. The number of nitrogens with one attached hydrogen (secondary N) is 1. The number of benzene rings is 2. The summed E-state index contributed by atoms with van der Waals surface area (Å²) in [6.07, 6.45) is 1.30. The first-order valence-corrected chi connectivity index (χ1v) is 7.43. The third-order valence-electron chi connectivity index (χ3n) is 2.81. The smallest absolute Gasteiger partial charge is 0.277 e. The van der Waals surface area contributed by atoms with Crippen LogP contribution in [0.4, 0.5) is 5.69 Å². The summed E-state index contributed by atoms with van der Waals surface area (Å²) in [6, 6.07) is 10.5. The lowest BCUT2D eigenvalue weighted by molar-refractivity contribution is -0.384. The number of hydrazone groups is 1. The van der Waals surface area contributed by atoms with Crippen molar-refractivity contribution in [2.75, 3.05) is 6.61 Å². The molecule has 0 radical (unpaired) electrons. The number of hydrogen-bond acceptors (Lipinski definition) is 6. The highest BCUT2D eigenvalue weighted by atomic mass is 79.9. The highest BCUT2D eigenvalue weighted by molar-refractivity contribution is 9.10. The van der Waals surface area contributed by atoms with Gasteiger partial charge in [0.25, 0.3) is 11.6 Å². The lowest BCUT2D eigenvalue weighted by Crippen LogP contribution is -2.24. The van der Waals surface area contributed by atoms with Gasteiger partial charge in [-0.15, -0.1) is 0 Å². The van der Waals surface area contributed by atoms with E-state index in [4.69, 9.17) is 4.74 Å². The van der Waals surface area contributed by atoms with Crippen molar-refractivity contribution in [3.63, 3.8) is 0 Å². The summed E-state index contributed by atoms with van der Waals surface area (Å²) >= 11 is 3.14. The van der Waals surface area contributed by atoms with Crippen molar-refractivity contribution in [2.45, 2.75) is 0 Å². The van der Waals surface area contributed by atoms with Crippen LogP contribution in [0.15, 0.2) is 52.0 Å². The molecule has 0 fully saturated rings. The minimum absolute atomic E-state index is 0.0431. The Kier molecular flexibility index (Phi) is 5.85. The van der Waals surface area contributed by atoms with Gasteiger partial charge in [-0.3, -0.25) is 14.9 Å². The van der Waals surface area contributed by atoms with E-state index in [0.29, 0.717) is 15.8 Å². The number of nitro benzene ring substituents is 1. The zero-order valence-corrected chi connectivity index (χ0v) is 13.8. The Hall–Kier alpha value is -2.94. The fourth-order valence-electron chi connectivity index (χ4n) is 1.67. The van der Waals surface area contributed by atoms with Crippen LogP contribution in [0.1, 0.15) is 5.56 Å². The predicted molar refractivity (Wildman–Crippen MR) is 90.1 cm³/mol. The molecule has 1 amide bonds. The predicted octanol–water partition coefficient (Wildman–Crippen LogP) is 2.59. The topological polar surface area (TPSA) is 114 Å². The van der Waals surface area contributed by atoms with Crippen LogP contribution in [0.3, 0.4) is 0 Å². The number of hydrogen-bond donors (Lipinski definition) is 2. The number of carbonyl (C=O) groups excluding carboxylic acids is 1. The van der Waals surface area contributed by atoms with Crippen molar-refractivity contribution >= 4 is 33.7 Å². The zero-order valence-electron chi connectivity index (χ0n) is 12.2. The minimum Gasteiger partial charge on any atom is -0.507 e. The average Bonchev–Trinajstić information content (AvgIpc) is 2.55. The number of para-hydroxylation sites is 1. The van der Waals surface area contributed by atoms with E-state index in [1.165, 1.54) is 30.5 Å². The van der Waals surface area contributed by atoms with Gasteiger partial charge in [0, 0.05) is 17.7 Å². The molecule has 2 rings (SSSR count). The fourth-order valence-corrected chi connectivity index (χ4v) is 2.15. The lowest BCUT2D eigenvalue weighted by Gasteiger charge is -2.06. The Labute approximate surface area is 145 Å². The number of nitrogens with zero attached hydrogens (tertiary/aromatic N) is 2. The molecule has 0 atom stereocenters. The van der Waals surface area contributed by atoms with Crippen molar-refractivity contribution < 1.29 is 19.6 Å². The van der Waals surface area contributed by atoms with E-state index in [1.54, 1.807) is 18.2 Å². The first kappa shape index (κ1) is 17.4. The summed E-state index contributed by atoms with van der Waals surface area (Å²) in [6.45, 7) is -0.325. The third-order valence-corrected chi connectivity index (χ3v) is 3.43. The molecule has 24 heavy (non-hydrogen) atoms. The highest BCUT2D eigenvalue weighted by Crippen LogP contribution is 2.28. The van der Waals surface area contributed by atoms with Gasteiger partial charge in [0.05, 0.1) is 15.6 Å². The second kappa shape index (κ2) is 8.06. The molecule has 0 aliphatic rings. The Bertz CT molecular complexity index is 794. The summed E-state index contributed by atoms with van der Waals surface area (Å²) in [5.41, 5.74) is 2.61. The van der Waals surface area contributed by atoms with Crippen LogP contribution in [0.5, 0.6) is 11.5 Å². The Morgan fingerprint density at radius 2 is 2.12 bits per heavy atom. The molecule has 0 aliphatic heterocycles. The average molecular weight is 394 g/mol. The van der Waals surface area contributed by atoms with Crippen molar-refractivity contribution in [3.8, 4) is 11.5 Å². The quantitative estimate of drug-likeness (QED) is 0.444. The van der Waals surface area contributed by atoms with Gasteiger partial charge in [0.1, 0.15) is 11.5 Å². The number of phenols is 1. The second-order valence-electron chi connectivity index (χ2n) is 4.51. The monoisotopic (exact) mass is 393 g/mol. The van der Waals surface area contributed by atoms with Gasteiger partial charge in [-0.05, 0) is 34.1 Å². The number of halogens is 1. The molecule has 124 valence electrons. The number of nitro groups is 1. The largest absolute Gasteiger partial charge is 0.507 e. The van der Waals surface area contributed by atoms with Crippen molar-refractivity contribution in [3.05, 3.63) is 62.6 Å². The summed E-state index contributed by atoms with van der Waals surface area (Å²) in [7, 11) is 0. The van der Waals surface area contributed by atoms with E-state index in [9.17, 15) is 20.0 Å². The van der Waals surface area contributed by atoms with E-state index in [-0.39, 0.29) is 18.0 Å². The molecule has 0 aliphatic carbocycles. The molecule has 0 heterocycles. The van der Waals surface area contributed by atoms with Crippen LogP contribution in [-0.2, 0) is 4.79 Å². The van der Waals surface area contributed by atoms with Crippen molar-refractivity contribution in [2.24, 2.45) is 5.10 Å². The molecule has 0 spiro atoms. The standard InChI is InChI=1S/C15H12BrN3O5/c16-12-7-11(19(22)23)5-6-14(12)24-9-15(21)18-17-8-10-3-1-2-4-13(10)20/h1-8,20H,9H2,(H,18,21). The molecule has 0 saturated carbocycles. The maximum atomic E-state index is 11.6. The summed E-state index contributed by atoms with van der Waals surface area (Å²) in [5, 5.41) is 23.9. The van der Waals surface area contributed by atoms with Gasteiger partial charge in [0.2, 0.25) is 0 Å². The normalized spacial score (nSPS) is 10.5. The van der Waals surface area contributed by atoms with E-state index < -0.39 is 10.8 Å². The highest BCUT2D eigenvalue weighted by Gasteiger charge is 2.11. The molecule has 2 aromatic carbocycles. The maximum absolute atomic E-state index is 11.6. The maximum Gasteiger partial charge on any atom is 0.277 e. The molecule has 0 saturated heterocycles. The van der Waals surface area contributed by atoms with Crippen LogP contribution in [0.25, 0.3) is 0 Å². The molecule has 2 aromatic rings. The van der Waals surface area contributed by atoms with Gasteiger partial charge in [-0.25, -0.2) is 5.43 Å². The molecule has 0 unspecified atom stereocenters. The fraction of sp³-hybridized carbons (Fsp3) is 0.0667. The molecular weight excluding hydrogens is 382 g/mol. The SMILES string of the molecule is O=C(COc1ccc([N+](=O)[O-])cc1Br)NN=Cc1ccccc1O. The number of phenolic OH excluding ortho intramolecular Hbond substituents is 1. The van der Waals surface area contributed by atoms with Gasteiger partial charge < -0.3 is 9.84 Å². The van der Waals surface area contributed by atoms with Crippen LogP contribution in [0.2, 0.25) is 0 Å². The summed E-state index contributed by atoms with van der Waals surface area (Å²) in [5.74, 6) is -0.186. The van der Waals surface area contributed by atoms with Crippen molar-refractivity contribution in [1.82, 2.24) is 5.43 Å². The number of rotatable bonds is 6. The number of aromatic hydroxyl groups is 1. The van der Waals surface area contributed by atoms with E-state index >= 15 is 0 Å². The van der Waals surface area contributed by atoms with E-state index in [2.05, 4.69) is 26.5 Å². The number of carbonyl (C=O) groups is 1. The second-order valence-corrected chi connectivity index (χ2v) is 5.37. The molecule has 2 N–H and O–H groups in total. The lowest BCUT2D eigenvalue weighted by atomic mass is 10.2. The molecule has 0 bridgehead atoms. The Morgan fingerprint density at radius 3 is 2.79 bits per heavy atom. The van der Waals surface area contributed by atoms with Gasteiger partial charge >= 0.3 is 0 Å². The van der Waals surface area contributed by atoms with E-state index in [0.717, 1.165) is 0 Å². The van der Waals surface area contributed by atoms with Crippen molar-refractivity contribution in [1.29, 1.82) is 0 Å². The van der Waals surface area contributed by atoms with Gasteiger partial charge in [0.15, 0.2) is 6.61 Å². The molecule has 9 heteroatoms. The van der Waals surface area contributed by atoms with E-state index in [1.807, 2.05) is 0 Å². The third kappa shape index (κ3) is 4.78. The first-order chi connectivity index (χ1) is 11.5. The Balaban J connectivity index is 1.87. The van der Waals surface area contributed by atoms with Crippen LogP contribution < -0.4 is 10.2 Å². The van der Waals surface area contributed by atoms with Gasteiger partial charge in [-0.2, -0.15) is 5.10 Å². The number of amides is 1. The first-order valence-electron chi connectivity index (χ1n) is 6.64. The summed E-state index contributed by atoms with van der Waals surface area (Å²) in [4.78, 5) is 21.7. The van der Waals surface area contributed by atoms with Gasteiger partial charge in [-0.1, -0.05) is 12.1 Å². The van der Waals surface area contributed by atoms with Crippen LogP contribution in [-0.4, -0.2) is 28.8 Å². The number of non-ortho nitro benzene ring substituents is 1. The Morgan fingerprint density at radius 1 is 1.38 bits per heavy atom. The zero-order chi connectivity index (χ0) is 17.5. The summed E-state index contributed by atoms with van der Waals surface area (Å²) < 4.78 is 5.62. The minimum atomic E-state index is -0.533. The number of ether oxygens (including phenoxy) is 1.